The number of guanidine groups is 1. The Morgan fingerprint density at radius 1 is 1.06 bits per heavy atom. The van der Waals surface area contributed by atoms with E-state index in [1.807, 2.05) is 46.1 Å². The van der Waals surface area contributed by atoms with Gasteiger partial charge in [0, 0.05) is 78.7 Å². The number of pyridine rings is 1. The van der Waals surface area contributed by atoms with Crippen molar-refractivity contribution in [1.82, 2.24) is 25.0 Å². The highest BCUT2D eigenvalue weighted by Crippen LogP contribution is 2.13. The van der Waals surface area contributed by atoms with Gasteiger partial charge in [0.15, 0.2) is 5.96 Å². The minimum absolute atomic E-state index is 0. The van der Waals surface area contributed by atoms with Crippen LogP contribution in [0.25, 0.3) is 0 Å². The summed E-state index contributed by atoms with van der Waals surface area (Å²) < 4.78 is 5.47. The van der Waals surface area contributed by atoms with Crippen molar-refractivity contribution in [2.75, 3.05) is 77.4 Å². The van der Waals surface area contributed by atoms with Gasteiger partial charge in [0.05, 0.1) is 0 Å². The van der Waals surface area contributed by atoms with Gasteiger partial charge in [-0.15, -0.1) is 24.0 Å². The lowest BCUT2D eigenvalue weighted by molar-refractivity contribution is 0.0147. The zero-order valence-corrected chi connectivity index (χ0v) is 22.1. The number of rotatable bonds is 4. The Morgan fingerprint density at radius 3 is 2.28 bits per heavy atom. The molecule has 2 saturated heterocycles. The monoisotopic (exact) mass is 559 g/mol. The fraction of sp³-hybridized carbons (Fsp3) is 0.682. The van der Waals surface area contributed by atoms with E-state index in [9.17, 15) is 4.79 Å². The first-order valence-corrected chi connectivity index (χ1v) is 11.2. The molecule has 0 radical (unpaired) electrons. The van der Waals surface area contributed by atoms with Gasteiger partial charge in [-0.25, -0.2) is 9.78 Å². The lowest BCUT2D eigenvalue weighted by Crippen LogP contribution is -2.54. The van der Waals surface area contributed by atoms with Gasteiger partial charge in [0.2, 0.25) is 0 Å². The van der Waals surface area contributed by atoms with E-state index < -0.39 is 5.60 Å². The van der Waals surface area contributed by atoms with Gasteiger partial charge in [-0.3, -0.25) is 9.89 Å². The van der Waals surface area contributed by atoms with Crippen LogP contribution in [0.5, 0.6) is 0 Å². The third kappa shape index (κ3) is 7.95. The minimum atomic E-state index is -0.447. The molecular formula is C22H38IN7O2. The number of anilines is 1. The summed E-state index contributed by atoms with van der Waals surface area (Å²) in [5.41, 5.74) is -0.447. The second kappa shape index (κ2) is 12.4. The molecule has 1 N–H and O–H groups in total. The molecule has 180 valence electrons. The molecule has 1 aromatic heterocycles. The summed E-state index contributed by atoms with van der Waals surface area (Å²) in [6, 6.07) is 6.04. The smallest absolute Gasteiger partial charge is 0.410 e. The molecule has 2 aliphatic rings. The molecule has 32 heavy (non-hydrogen) atoms. The van der Waals surface area contributed by atoms with Crippen LogP contribution in [0.4, 0.5) is 10.6 Å². The molecule has 0 aliphatic carbocycles. The van der Waals surface area contributed by atoms with Crippen LogP contribution in [0, 0.1) is 0 Å². The fourth-order valence-corrected chi connectivity index (χ4v) is 3.83. The first-order chi connectivity index (χ1) is 14.9. The number of hydrogen-bond acceptors (Lipinski definition) is 6. The summed E-state index contributed by atoms with van der Waals surface area (Å²) in [7, 11) is 1.84. The molecule has 0 aromatic carbocycles. The molecule has 0 atom stereocenters. The van der Waals surface area contributed by atoms with E-state index in [1.54, 1.807) is 4.90 Å². The van der Waals surface area contributed by atoms with Gasteiger partial charge in [-0.05, 0) is 32.9 Å². The Morgan fingerprint density at radius 2 is 1.72 bits per heavy atom. The number of amides is 1. The molecule has 10 heteroatoms. The van der Waals surface area contributed by atoms with Crippen LogP contribution in [0.2, 0.25) is 0 Å². The number of piperazine rings is 2. The largest absolute Gasteiger partial charge is 0.444 e. The molecule has 0 bridgehead atoms. The van der Waals surface area contributed by atoms with Crippen molar-refractivity contribution in [2.24, 2.45) is 4.99 Å². The first kappa shape index (κ1) is 26.4. The number of hydrogen-bond donors (Lipinski definition) is 1. The average molecular weight is 559 g/mol. The van der Waals surface area contributed by atoms with E-state index in [2.05, 4.69) is 36.1 Å². The van der Waals surface area contributed by atoms with Crippen molar-refractivity contribution in [3.63, 3.8) is 0 Å². The maximum atomic E-state index is 12.2. The van der Waals surface area contributed by atoms with Gasteiger partial charge in [0.25, 0.3) is 0 Å². The Hall–Kier alpha value is -1.82. The summed E-state index contributed by atoms with van der Waals surface area (Å²) in [6.45, 7) is 14.3. The SMILES string of the molecule is CN=C(NCCN1CCN(C(=O)OC(C)(C)C)CC1)N1CCN(c2ccccn2)CC1.I. The molecule has 9 nitrogen and oxygen atoms in total. The first-order valence-electron chi connectivity index (χ1n) is 11.2. The number of carbonyl (C=O) groups excluding carboxylic acids is 1. The number of carbonyl (C=O) groups is 1. The lowest BCUT2D eigenvalue weighted by atomic mass is 10.2. The number of nitrogens with zero attached hydrogens (tertiary/aromatic N) is 6. The maximum Gasteiger partial charge on any atom is 0.410 e. The van der Waals surface area contributed by atoms with Crippen LogP contribution in [0.3, 0.4) is 0 Å². The predicted molar refractivity (Wildman–Crippen MR) is 139 cm³/mol. The molecule has 1 amide bonds. The van der Waals surface area contributed by atoms with Crippen LogP contribution in [-0.2, 0) is 4.74 Å². The third-order valence-electron chi connectivity index (χ3n) is 5.50. The topological polar surface area (TPSA) is 76.5 Å². The molecule has 0 unspecified atom stereocenters. The van der Waals surface area contributed by atoms with E-state index in [1.165, 1.54) is 0 Å². The molecule has 1 aromatic rings. The Bertz CT molecular complexity index is 726. The number of aromatic nitrogens is 1. The van der Waals surface area contributed by atoms with E-state index in [0.29, 0.717) is 13.1 Å². The highest BCUT2D eigenvalue weighted by molar-refractivity contribution is 14.0. The van der Waals surface area contributed by atoms with Crippen molar-refractivity contribution < 1.29 is 9.53 Å². The summed E-state index contributed by atoms with van der Waals surface area (Å²) in [5, 5.41) is 3.50. The molecule has 3 rings (SSSR count). The maximum absolute atomic E-state index is 12.2. The standard InChI is InChI=1S/C22H37N7O2.HI/c1-22(2,3)31-21(30)29-13-11-26(12-14-29)10-9-25-20(23-4)28-17-15-27(16-18-28)19-7-5-6-8-24-19;/h5-8H,9-18H2,1-4H3,(H,23,25);1H. The highest BCUT2D eigenvalue weighted by Gasteiger charge is 2.26. The van der Waals surface area contributed by atoms with Crippen LogP contribution >= 0.6 is 24.0 Å². The lowest BCUT2D eigenvalue weighted by Gasteiger charge is -2.38. The van der Waals surface area contributed by atoms with Crippen LogP contribution in [-0.4, -0.2) is 110 Å². The summed E-state index contributed by atoms with van der Waals surface area (Å²) >= 11 is 0. The quantitative estimate of drug-likeness (QED) is 0.344. The van der Waals surface area contributed by atoms with Gasteiger partial charge in [0.1, 0.15) is 11.4 Å². The number of nitrogens with one attached hydrogen (secondary N) is 1. The van der Waals surface area contributed by atoms with E-state index in [-0.39, 0.29) is 30.1 Å². The van der Waals surface area contributed by atoms with Crippen LogP contribution < -0.4 is 10.2 Å². The summed E-state index contributed by atoms with van der Waals surface area (Å²) in [6.07, 6.45) is 1.63. The van der Waals surface area contributed by atoms with E-state index in [4.69, 9.17) is 4.74 Å². The molecule has 3 heterocycles. The van der Waals surface area contributed by atoms with Gasteiger partial charge < -0.3 is 24.8 Å². The Balaban J connectivity index is 0.00000363. The van der Waals surface area contributed by atoms with Crippen LogP contribution in [0.1, 0.15) is 20.8 Å². The van der Waals surface area contributed by atoms with E-state index >= 15 is 0 Å². The van der Waals surface area contributed by atoms with Crippen molar-refractivity contribution >= 4 is 41.8 Å². The normalized spacial score (nSPS) is 18.2. The summed E-state index contributed by atoms with van der Waals surface area (Å²) in [5.74, 6) is 1.99. The Kier molecular flexibility index (Phi) is 10.3. The summed E-state index contributed by atoms with van der Waals surface area (Å²) in [4.78, 5) is 29.9. The van der Waals surface area contributed by atoms with Crippen molar-refractivity contribution in [2.45, 2.75) is 26.4 Å². The number of aliphatic imine (C=N–C) groups is 1. The predicted octanol–water partition coefficient (Wildman–Crippen LogP) is 1.95. The number of ether oxygens (including phenoxy) is 1. The van der Waals surface area contributed by atoms with Crippen molar-refractivity contribution in [3.8, 4) is 0 Å². The second-order valence-corrected chi connectivity index (χ2v) is 8.95. The zero-order valence-electron chi connectivity index (χ0n) is 19.8. The van der Waals surface area contributed by atoms with E-state index in [0.717, 1.165) is 64.1 Å². The Labute approximate surface area is 209 Å². The van der Waals surface area contributed by atoms with Crippen LogP contribution in [0.15, 0.2) is 29.4 Å². The minimum Gasteiger partial charge on any atom is -0.444 e. The highest BCUT2D eigenvalue weighted by atomic mass is 127. The van der Waals surface area contributed by atoms with Crippen molar-refractivity contribution in [1.29, 1.82) is 0 Å². The van der Waals surface area contributed by atoms with Gasteiger partial charge in [-0.2, -0.15) is 0 Å². The molecular weight excluding hydrogens is 521 g/mol. The average Bonchev–Trinajstić information content (AvgIpc) is 2.77. The second-order valence-electron chi connectivity index (χ2n) is 8.95. The van der Waals surface area contributed by atoms with Gasteiger partial charge >= 0.3 is 6.09 Å². The third-order valence-corrected chi connectivity index (χ3v) is 5.50. The molecule has 0 saturated carbocycles. The molecule has 2 fully saturated rings. The van der Waals surface area contributed by atoms with Crippen molar-refractivity contribution in [3.05, 3.63) is 24.4 Å². The fourth-order valence-electron chi connectivity index (χ4n) is 3.83. The van der Waals surface area contributed by atoms with Gasteiger partial charge in [-0.1, -0.05) is 6.07 Å². The molecule has 2 aliphatic heterocycles. The molecule has 0 spiro atoms. The number of halogens is 1. The zero-order chi connectivity index (χ0) is 22.3.